The van der Waals surface area contributed by atoms with Crippen LogP contribution >= 0.6 is 0 Å². The van der Waals surface area contributed by atoms with E-state index in [0.29, 0.717) is 17.8 Å². The van der Waals surface area contributed by atoms with Crippen molar-refractivity contribution in [2.45, 2.75) is 32.5 Å². The fraction of sp³-hybridized carbons (Fsp3) is 0.471. The Morgan fingerprint density at radius 2 is 2.00 bits per heavy atom. The molecule has 2 atom stereocenters. The van der Waals surface area contributed by atoms with Crippen molar-refractivity contribution in [2.24, 2.45) is 11.7 Å². The van der Waals surface area contributed by atoms with Gasteiger partial charge in [-0.05, 0) is 43.0 Å². The Balaban J connectivity index is 2.17. The molecule has 1 aromatic heterocycles. The predicted octanol–water partition coefficient (Wildman–Crippen LogP) is 3.74. The number of piperidine rings is 1. The van der Waals surface area contributed by atoms with Gasteiger partial charge in [0.2, 0.25) is 0 Å². The summed E-state index contributed by atoms with van der Waals surface area (Å²) in [5, 5.41) is 0.543. The summed E-state index contributed by atoms with van der Waals surface area (Å²) >= 11 is 0. The van der Waals surface area contributed by atoms with Crippen molar-refractivity contribution in [3.8, 4) is 0 Å². The molecule has 23 heavy (non-hydrogen) atoms. The molecular weight excluding hydrogens is 303 g/mol. The fourth-order valence-corrected chi connectivity index (χ4v) is 3.41. The number of anilines is 1. The Morgan fingerprint density at radius 1 is 1.26 bits per heavy atom. The first-order chi connectivity index (χ1) is 10.8. The lowest BCUT2D eigenvalue weighted by Gasteiger charge is -2.37. The second-order valence-electron chi connectivity index (χ2n) is 6.54. The molecule has 3 rings (SSSR count). The molecule has 0 bridgehead atoms. The molecule has 6 heteroatoms. The monoisotopic (exact) mass is 323 g/mol. The topological polar surface area (TPSA) is 42.2 Å². The van der Waals surface area contributed by atoms with Crippen molar-refractivity contribution in [3.63, 3.8) is 0 Å². The highest BCUT2D eigenvalue weighted by atomic mass is 19.4. The average molecular weight is 323 g/mol. The van der Waals surface area contributed by atoms with Crippen LogP contribution in [-0.4, -0.2) is 24.1 Å². The molecule has 2 N–H and O–H groups in total. The van der Waals surface area contributed by atoms with Gasteiger partial charge >= 0.3 is 6.18 Å². The maximum Gasteiger partial charge on any atom is 0.418 e. The Hall–Kier alpha value is -1.82. The van der Waals surface area contributed by atoms with Gasteiger partial charge in [0.05, 0.1) is 11.1 Å². The maximum atomic E-state index is 13.2. The second kappa shape index (κ2) is 5.67. The predicted molar refractivity (Wildman–Crippen MR) is 85.5 cm³/mol. The molecule has 0 spiro atoms. The number of halogens is 3. The van der Waals surface area contributed by atoms with Crippen molar-refractivity contribution < 1.29 is 13.2 Å². The molecule has 3 nitrogen and oxygen atoms in total. The number of nitrogens with zero attached hydrogens (tertiary/aromatic N) is 2. The standard InChI is InChI=1S/C17H20F3N3/c1-10-6-13-15(23-8-11(2)5-12(21)9-23)4-3-14(17(18,19)20)16(13)22-7-10/h3-4,6-7,11-12H,5,8-9,21H2,1-2H3/t11-,12+/m0/s1. The van der Waals surface area contributed by atoms with Gasteiger partial charge < -0.3 is 10.6 Å². The highest BCUT2D eigenvalue weighted by Crippen LogP contribution is 2.38. The molecule has 1 aliphatic rings. The number of alkyl halides is 3. The van der Waals surface area contributed by atoms with Crippen molar-refractivity contribution >= 4 is 16.6 Å². The Kier molecular flexibility index (Phi) is 3.96. The Bertz CT molecular complexity index is 717. The summed E-state index contributed by atoms with van der Waals surface area (Å²) in [6.45, 7) is 5.39. The molecule has 0 amide bonds. The third-order valence-corrected chi connectivity index (χ3v) is 4.30. The van der Waals surface area contributed by atoms with Crippen LogP contribution in [0, 0.1) is 12.8 Å². The zero-order chi connectivity index (χ0) is 16.8. The lowest BCUT2D eigenvalue weighted by Crippen LogP contribution is -2.46. The van der Waals surface area contributed by atoms with Gasteiger partial charge in [0.1, 0.15) is 0 Å². The summed E-state index contributed by atoms with van der Waals surface area (Å²) in [5.41, 5.74) is 7.03. The van der Waals surface area contributed by atoms with Crippen molar-refractivity contribution in [1.82, 2.24) is 4.98 Å². The molecule has 1 saturated heterocycles. The smallest absolute Gasteiger partial charge is 0.369 e. The number of hydrogen-bond acceptors (Lipinski definition) is 3. The number of rotatable bonds is 1. The first-order valence-corrected chi connectivity index (χ1v) is 7.73. The number of aromatic nitrogens is 1. The number of benzene rings is 1. The van der Waals surface area contributed by atoms with E-state index in [1.54, 1.807) is 12.1 Å². The molecule has 1 aromatic carbocycles. The lowest BCUT2D eigenvalue weighted by atomic mass is 9.95. The first kappa shape index (κ1) is 16.1. The molecule has 0 aliphatic carbocycles. The molecule has 1 fully saturated rings. The highest BCUT2D eigenvalue weighted by molar-refractivity contribution is 5.94. The molecule has 2 aromatic rings. The van der Waals surface area contributed by atoms with Gasteiger partial charge in [-0.2, -0.15) is 13.2 Å². The summed E-state index contributed by atoms with van der Waals surface area (Å²) in [6, 6.07) is 4.49. The van der Waals surface area contributed by atoms with Crippen LogP contribution in [0.4, 0.5) is 18.9 Å². The van der Waals surface area contributed by atoms with Crippen LogP contribution in [0.5, 0.6) is 0 Å². The van der Waals surface area contributed by atoms with E-state index in [1.165, 1.54) is 6.20 Å². The lowest BCUT2D eigenvalue weighted by molar-refractivity contribution is -0.136. The summed E-state index contributed by atoms with van der Waals surface area (Å²) in [4.78, 5) is 6.15. The largest absolute Gasteiger partial charge is 0.418 e. The quantitative estimate of drug-likeness (QED) is 0.869. The zero-order valence-corrected chi connectivity index (χ0v) is 13.2. The fourth-order valence-electron chi connectivity index (χ4n) is 3.41. The number of pyridine rings is 1. The average Bonchev–Trinajstić information content (AvgIpc) is 2.43. The minimum Gasteiger partial charge on any atom is -0.369 e. The SMILES string of the molecule is Cc1cnc2c(C(F)(F)F)ccc(N3C[C@@H](C)C[C@@H](N)C3)c2c1. The maximum absolute atomic E-state index is 13.2. The van der Waals surface area contributed by atoms with E-state index in [1.807, 2.05) is 6.92 Å². The van der Waals surface area contributed by atoms with Gasteiger partial charge in [-0.25, -0.2) is 0 Å². The Morgan fingerprint density at radius 3 is 2.65 bits per heavy atom. The number of nitrogens with two attached hydrogens (primary N) is 1. The first-order valence-electron chi connectivity index (χ1n) is 7.73. The van der Waals surface area contributed by atoms with E-state index in [4.69, 9.17) is 5.73 Å². The molecule has 0 saturated carbocycles. The second-order valence-corrected chi connectivity index (χ2v) is 6.54. The van der Waals surface area contributed by atoms with Gasteiger partial charge in [0.25, 0.3) is 0 Å². The van der Waals surface area contributed by atoms with Crippen LogP contribution < -0.4 is 10.6 Å². The third kappa shape index (κ3) is 3.13. The van der Waals surface area contributed by atoms with Crippen LogP contribution in [-0.2, 0) is 6.18 Å². The van der Waals surface area contributed by atoms with Crippen LogP contribution in [0.25, 0.3) is 10.9 Å². The molecular formula is C17H20F3N3. The molecule has 2 heterocycles. The van der Waals surface area contributed by atoms with Gasteiger partial charge in [0.15, 0.2) is 0 Å². The van der Waals surface area contributed by atoms with Crippen LogP contribution in [0.15, 0.2) is 24.4 Å². The van der Waals surface area contributed by atoms with E-state index in [2.05, 4.69) is 16.8 Å². The summed E-state index contributed by atoms with van der Waals surface area (Å²) in [6.07, 6.45) is -2.00. The Labute approximate surface area is 133 Å². The van der Waals surface area contributed by atoms with E-state index in [-0.39, 0.29) is 11.6 Å². The summed E-state index contributed by atoms with van der Waals surface area (Å²) in [7, 11) is 0. The molecule has 124 valence electrons. The van der Waals surface area contributed by atoms with Crippen molar-refractivity contribution in [2.75, 3.05) is 18.0 Å². The van der Waals surface area contributed by atoms with Gasteiger partial charge in [-0.1, -0.05) is 6.92 Å². The summed E-state index contributed by atoms with van der Waals surface area (Å²) < 4.78 is 39.7. The number of aryl methyl sites for hydroxylation is 1. The molecule has 1 aliphatic heterocycles. The highest BCUT2D eigenvalue weighted by Gasteiger charge is 2.34. The van der Waals surface area contributed by atoms with E-state index in [9.17, 15) is 13.2 Å². The van der Waals surface area contributed by atoms with Crippen LogP contribution in [0.2, 0.25) is 0 Å². The van der Waals surface area contributed by atoms with Crippen LogP contribution in [0.3, 0.4) is 0 Å². The van der Waals surface area contributed by atoms with Crippen LogP contribution in [0.1, 0.15) is 24.5 Å². The number of hydrogen-bond donors (Lipinski definition) is 1. The van der Waals surface area contributed by atoms with E-state index in [0.717, 1.165) is 30.3 Å². The number of fused-ring (bicyclic) bond motifs is 1. The molecule has 0 unspecified atom stereocenters. The van der Waals surface area contributed by atoms with Gasteiger partial charge in [0, 0.05) is 36.4 Å². The van der Waals surface area contributed by atoms with Gasteiger partial charge in [-0.15, -0.1) is 0 Å². The molecule has 0 radical (unpaired) electrons. The minimum atomic E-state index is -4.41. The van der Waals surface area contributed by atoms with Gasteiger partial charge in [-0.3, -0.25) is 4.98 Å². The normalized spacial score (nSPS) is 22.6. The van der Waals surface area contributed by atoms with E-state index < -0.39 is 11.7 Å². The van der Waals surface area contributed by atoms with Crippen molar-refractivity contribution in [3.05, 3.63) is 35.5 Å². The minimum absolute atomic E-state index is 0.00685. The summed E-state index contributed by atoms with van der Waals surface area (Å²) in [5.74, 6) is 0.411. The third-order valence-electron chi connectivity index (χ3n) is 4.30. The van der Waals surface area contributed by atoms with E-state index >= 15 is 0 Å². The van der Waals surface area contributed by atoms with Crippen molar-refractivity contribution in [1.29, 1.82) is 0 Å². The zero-order valence-electron chi connectivity index (χ0n) is 13.2.